The molecule has 2 aliphatic rings. The maximum absolute atomic E-state index is 12.7. The van der Waals surface area contributed by atoms with Gasteiger partial charge < -0.3 is 15.1 Å². The molecule has 5 heteroatoms. The monoisotopic (exact) mass is 394 g/mol. The Balaban J connectivity index is 1.33. The van der Waals surface area contributed by atoms with Crippen molar-refractivity contribution in [2.75, 3.05) is 26.2 Å². The molecule has 0 saturated carbocycles. The first kappa shape index (κ1) is 19.9. The summed E-state index contributed by atoms with van der Waals surface area (Å²) < 4.78 is 0. The van der Waals surface area contributed by atoms with E-state index in [4.69, 9.17) is 0 Å². The summed E-state index contributed by atoms with van der Waals surface area (Å²) in [6.45, 7) is 3.79. The van der Waals surface area contributed by atoms with Crippen molar-refractivity contribution in [1.29, 1.82) is 0 Å². The van der Waals surface area contributed by atoms with Crippen LogP contribution in [0.4, 0.5) is 0 Å². The van der Waals surface area contributed by atoms with Gasteiger partial charge in [-0.05, 0) is 54.5 Å². The molecule has 1 amide bonds. The number of benzene rings is 2. The quantitative estimate of drug-likeness (QED) is 0.837. The number of amides is 1. The second-order valence-electron chi connectivity index (χ2n) is 8.53. The van der Waals surface area contributed by atoms with E-state index in [-0.39, 0.29) is 18.1 Å². The minimum absolute atomic E-state index is 0.0618. The molecule has 2 aliphatic heterocycles. The van der Waals surface area contributed by atoms with Crippen molar-refractivity contribution in [1.82, 2.24) is 9.80 Å². The maximum Gasteiger partial charge on any atom is 0.226 e. The number of phenolic OH excluding ortho intramolecular Hbond substituents is 1. The van der Waals surface area contributed by atoms with Crippen LogP contribution in [0.2, 0.25) is 0 Å². The zero-order chi connectivity index (χ0) is 20.3. The van der Waals surface area contributed by atoms with E-state index in [0.717, 1.165) is 37.9 Å². The zero-order valence-corrected chi connectivity index (χ0v) is 16.9. The van der Waals surface area contributed by atoms with Crippen LogP contribution in [0.25, 0.3) is 0 Å². The highest BCUT2D eigenvalue weighted by Crippen LogP contribution is 2.27. The minimum atomic E-state index is -0.744. The molecule has 1 fully saturated rings. The van der Waals surface area contributed by atoms with Gasteiger partial charge in [-0.1, -0.05) is 36.4 Å². The van der Waals surface area contributed by atoms with E-state index in [2.05, 4.69) is 29.2 Å². The summed E-state index contributed by atoms with van der Waals surface area (Å²) in [6.07, 6.45) is 3.46. The van der Waals surface area contributed by atoms with Crippen molar-refractivity contribution in [2.24, 2.45) is 0 Å². The predicted molar refractivity (Wildman–Crippen MR) is 113 cm³/mol. The third-order valence-electron chi connectivity index (χ3n) is 6.26. The molecule has 4 rings (SSSR count). The highest BCUT2D eigenvalue weighted by Gasteiger charge is 2.34. The van der Waals surface area contributed by atoms with Crippen LogP contribution in [0.3, 0.4) is 0 Å². The summed E-state index contributed by atoms with van der Waals surface area (Å²) in [5, 5.41) is 20.9. The number of nitrogens with zero attached hydrogens (tertiary/aromatic N) is 2. The van der Waals surface area contributed by atoms with Crippen LogP contribution in [-0.2, 0) is 24.2 Å². The molecule has 5 nitrogen and oxygen atoms in total. The summed E-state index contributed by atoms with van der Waals surface area (Å²) in [5.74, 6) is 0.246. The summed E-state index contributed by atoms with van der Waals surface area (Å²) in [7, 11) is 0. The molecule has 1 saturated heterocycles. The van der Waals surface area contributed by atoms with Gasteiger partial charge in [-0.15, -0.1) is 0 Å². The molecule has 2 heterocycles. The van der Waals surface area contributed by atoms with Crippen LogP contribution >= 0.6 is 0 Å². The summed E-state index contributed by atoms with van der Waals surface area (Å²) in [5.41, 5.74) is 2.85. The molecule has 1 atom stereocenters. The molecule has 2 N–H and O–H groups in total. The van der Waals surface area contributed by atoms with Crippen LogP contribution in [0, 0.1) is 0 Å². The van der Waals surface area contributed by atoms with E-state index in [0.29, 0.717) is 26.1 Å². The van der Waals surface area contributed by atoms with Crippen LogP contribution in [0.5, 0.6) is 5.75 Å². The molecule has 0 unspecified atom stereocenters. The molecular formula is C24H30N2O3. The molecule has 0 aromatic heterocycles. The van der Waals surface area contributed by atoms with E-state index in [9.17, 15) is 15.0 Å². The third kappa shape index (κ3) is 4.98. The molecule has 0 radical (unpaired) electrons. The lowest BCUT2D eigenvalue weighted by molar-refractivity contribution is -0.130. The number of hydrogen-bond acceptors (Lipinski definition) is 4. The van der Waals surface area contributed by atoms with Crippen LogP contribution in [-0.4, -0.2) is 57.7 Å². The first-order chi connectivity index (χ1) is 14.0. The van der Waals surface area contributed by atoms with Crippen molar-refractivity contribution < 1.29 is 15.0 Å². The Morgan fingerprint density at radius 2 is 1.83 bits per heavy atom. The van der Waals surface area contributed by atoms with Gasteiger partial charge in [-0.3, -0.25) is 9.69 Å². The number of aromatic hydroxyl groups is 1. The summed E-state index contributed by atoms with van der Waals surface area (Å²) in [6, 6.07) is 15.4. The van der Waals surface area contributed by atoms with Gasteiger partial charge in [0.05, 0.1) is 12.0 Å². The molecule has 154 valence electrons. The highest BCUT2D eigenvalue weighted by atomic mass is 16.3. The number of carbonyl (C=O) groups is 1. The first-order valence-electron chi connectivity index (χ1n) is 10.6. The Labute approximate surface area is 172 Å². The lowest BCUT2D eigenvalue weighted by Gasteiger charge is -2.36. The van der Waals surface area contributed by atoms with E-state index in [1.165, 1.54) is 11.1 Å². The van der Waals surface area contributed by atoms with Gasteiger partial charge in [0.1, 0.15) is 5.75 Å². The first-order valence-corrected chi connectivity index (χ1v) is 10.6. The van der Waals surface area contributed by atoms with Gasteiger partial charge in [0.2, 0.25) is 5.91 Å². The Morgan fingerprint density at radius 1 is 1.00 bits per heavy atom. The number of rotatable bonds is 4. The molecule has 0 aliphatic carbocycles. The van der Waals surface area contributed by atoms with Gasteiger partial charge in [0.25, 0.3) is 0 Å². The smallest absolute Gasteiger partial charge is 0.226 e. The summed E-state index contributed by atoms with van der Waals surface area (Å²) >= 11 is 0. The van der Waals surface area contributed by atoms with Crippen LogP contribution in [0.15, 0.2) is 48.5 Å². The molecule has 2 aromatic rings. The van der Waals surface area contributed by atoms with Gasteiger partial charge in [-0.2, -0.15) is 0 Å². The van der Waals surface area contributed by atoms with E-state index < -0.39 is 5.60 Å². The lowest BCUT2D eigenvalue weighted by atomic mass is 9.92. The summed E-state index contributed by atoms with van der Waals surface area (Å²) in [4.78, 5) is 16.9. The van der Waals surface area contributed by atoms with Crippen molar-refractivity contribution in [2.45, 2.75) is 44.2 Å². The number of carbonyl (C=O) groups excluding carboxylic acids is 1. The van der Waals surface area contributed by atoms with E-state index >= 15 is 0 Å². The fourth-order valence-corrected chi connectivity index (χ4v) is 4.64. The Morgan fingerprint density at radius 3 is 2.66 bits per heavy atom. The standard InChI is InChI=1S/C24H30N2O3/c27-22-8-3-5-19(15-22)16-23(28)26-12-4-10-24(29,11-14-26)18-25-13-9-20-6-1-2-7-21(20)17-25/h1-3,5-8,15,27,29H,4,9-14,16-18H2/t24-/m1/s1. The number of fused-ring (bicyclic) bond motifs is 1. The molecule has 29 heavy (non-hydrogen) atoms. The SMILES string of the molecule is O=C(Cc1cccc(O)c1)N1CCC[C@](O)(CN2CCc3ccccc3C2)CC1. The average molecular weight is 395 g/mol. The Bertz CT molecular complexity index is 869. The number of hydrogen-bond donors (Lipinski definition) is 2. The van der Waals surface area contributed by atoms with Crippen molar-refractivity contribution in [3.05, 3.63) is 65.2 Å². The molecule has 2 aromatic carbocycles. The van der Waals surface area contributed by atoms with Crippen molar-refractivity contribution in [3.8, 4) is 5.75 Å². The Kier molecular flexibility index (Phi) is 5.88. The molecule has 0 spiro atoms. The third-order valence-corrected chi connectivity index (χ3v) is 6.26. The maximum atomic E-state index is 12.7. The number of β-amino-alcohol motifs (C(OH)–C–C–N with tert-alkyl or cyclic N) is 1. The van der Waals surface area contributed by atoms with Crippen molar-refractivity contribution >= 4 is 5.91 Å². The molecule has 0 bridgehead atoms. The van der Waals surface area contributed by atoms with Crippen molar-refractivity contribution in [3.63, 3.8) is 0 Å². The fraction of sp³-hybridized carbons (Fsp3) is 0.458. The number of aliphatic hydroxyl groups is 1. The second kappa shape index (κ2) is 8.56. The highest BCUT2D eigenvalue weighted by molar-refractivity contribution is 5.78. The lowest BCUT2D eigenvalue weighted by Crippen LogP contribution is -2.45. The van der Waals surface area contributed by atoms with Gasteiger partial charge in [0.15, 0.2) is 0 Å². The van der Waals surface area contributed by atoms with Gasteiger partial charge in [-0.25, -0.2) is 0 Å². The normalized spacial score (nSPS) is 22.7. The second-order valence-corrected chi connectivity index (χ2v) is 8.53. The van der Waals surface area contributed by atoms with Crippen LogP contribution in [0.1, 0.15) is 36.0 Å². The van der Waals surface area contributed by atoms with E-state index in [1.54, 1.807) is 18.2 Å². The topological polar surface area (TPSA) is 64.0 Å². The van der Waals surface area contributed by atoms with Gasteiger partial charge >= 0.3 is 0 Å². The Hall–Kier alpha value is -2.37. The zero-order valence-electron chi connectivity index (χ0n) is 16.9. The average Bonchev–Trinajstić information content (AvgIpc) is 2.89. The predicted octanol–water partition coefficient (Wildman–Crippen LogP) is 2.74. The van der Waals surface area contributed by atoms with Gasteiger partial charge in [0, 0.05) is 32.7 Å². The molecular weight excluding hydrogens is 364 g/mol. The van der Waals surface area contributed by atoms with E-state index in [1.807, 2.05) is 11.0 Å². The largest absolute Gasteiger partial charge is 0.508 e. The number of likely N-dealkylation sites (tertiary alicyclic amines) is 1. The van der Waals surface area contributed by atoms with Crippen LogP contribution < -0.4 is 0 Å². The fourth-order valence-electron chi connectivity index (χ4n) is 4.64. The minimum Gasteiger partial charge on any atom is -0.508 e. The number of phenols is 1.